The van der Waals surface area contributed by atoms with Gasteiger partial charge in [0.1, 0.15) is 12.1 Å². The van der Waals surface area contributed by atoms with E-state index in [2.05, 4.69) is 20.8 Å². The topological polar surface area (TPSA) is 72.7 Å². The fourth-order valence-corrected chi connectivity index (χ4v) is 3.99. The largest absolute Gasteiger partial charge is 0.345 e. The first-order chi connectivity index (χ1) is 12.2. The van der Waals surface area contributed by atoms with Crippen molar-refractivity contribution in [1.29, 1.82) is 0 Å². The summed E-state index contributed by atoms with van der Waals surface area (Å²) in [5, 5.41) is 14.1. The number of nitrogens with zero attached hydrogens (tertiary/aromatic N) is 4. The van der Waals surface area contributed by atoms with Crippen molar-refractivity contribution in [2.45, 2.75) is 17.4 Å². The van der Waals surface area contributed by atoms with Crippen LogP contribution in [0.2, 0.25) is 0 Å². The van der Waals surface area contributed by atoms with Gasteiger partial charge in [-0.15, -0.1) is 16.9 Å². The Morgan fingerprint density at radius 1 is 1.28 bits per heavy atom. The molecular formula is C17H14FN5OS. The second-order valence-corrected chi connectivity index (χ2v) is 6.75. The van der Waals surface area contributed by atoms with Gasteiger partial charge >= 0.3 is 0 Å². The number of fused-ring (bicyclic) bond motifs is 1. The summed E-state index contributed by atoms with van der Waals surface area (Å²) in [4.78, 5) is 13.8. The van der Waals surface area contributed by atoms with Crippen molar-refractivity contribution in [3.8, 4) is 5.69 Å². The summed E-state index contributed by atoms with van der Waals surface area (Å²) in [5.74, 6) is 0.339. The van der Waals surface area contributed by atoms with Crippen LogP contribution < -0.4 is 5.32 Å². The highest BCUT2D eigenvalue weighted by Gasteiger charge is 2.24. The Kier molecular flexibility index (Phi) is 4.19. The lowest BCUT2D eigenvalue weighted by Crippen LogP contribution is -2.31. The Balaban J connectivity index is 1.64. The zero-order chi connectivity index (χ0) is 17.2. The van der Waals surface area contributed by atoms with Crippen molar-refractivity contribution in [2.24, 2.45) is 0 Å². The van der Waals surface area contributed by atoms with E-state index in [-0.39, 0.29) is 17.8 Å². The standard InChI is InChI=1S/C17H14FN5OS/c18-11-5-6-16-13(9-11)14(7-8-25-16)20-17(24)12-3-1-2-4-15(12)23-10-19-21-22-23/h1-6,9-10,14H,7-8H2,(H,20,24). The number of hydrogen-bond donors (Lipinski definition) is 1. The SMILES string of the molecule is O=C(NC1CCSc2ccc(F)cc21)c1ccccc1-n1cnnn1. The third-order valence-electron chi connectivity index (χ3n) is 4.06. The predicted octanol–water partition coefficient (Wildman–Crippen LogP) is 2.77. The number of aromatic nitrogens is 4. The van der Waals surface area contributed by atoms with Gasteiger partial charge in [0, 0.05) is 10.6 Å². The molecule has 25 heavy (non-hydrogen) atoms. The zero-order valence-electron chi connectivity index (χ0n) is 13.1. The second-order valence-electron chi connectivity index (χ2n) is 5.62. The molecule has 0 bridgehead atoms. The van der Waals surface area contributed by atoms with E-state index in [4.69, 9.17) is 0 Å². The minimum atomic E-state index is -0.297. The van der Waals surface area contributed by atoms with Gasteiger partial charge in [0.05, 0.1) is 17.3 Å². The maximum atomic E-state index is 13.6. The van der Waals surface area contributed by atoms with Gasteiger partial charge in [-0.05, 0) is 52.7 Å². The summed E-state index contributed by atoms with van der Waals surface area (Å²) in [6, 6.07) is 11.6. The molecule has 0 spiro atoms. The molecule has 0 saturated carbocycles. The summed E-state index contributed by atoms with van der Waals surface area (Å²) < 4.78 is 15.1. The van der Waals surface area contributed by atoms with Crippen LogP contribution in [0.1, 0.15) is 28.4 Å². The molecule has 1 atom stereocenters. The van der Waals surface area contributed by atoms with Crippen LogP contribution in [-0.2, 0) is 0 Å². The van der Waals surface area contributed by atoms with Crippen LogP contribution in [0.3, 0.4) is 0 Å². The number of thioether (sulfide) groups is 1. The fourth-order valence-electron chi connectivity index (χ4n) is 2.89. The van der Waals surface area contributed by atoms with Crippen LogP contribution in [-0.4, -0.2) is 31.9 Å². The molecule has 0 radical (unpaired) electrons. The molecule has 1 amide bonds. The predicted molar refractivity (Wildman–Crippen MR) is 91.1 cm³/mol. The van der Waals surface area contributed by atoms with Crippen LogP contribution in [0.5, 0.6) is 0 Å². The Hall–Kier alpha value is -2.74. The van der Waals surface area contributed by atoms with Crippen molar-refractivity contribution in [3.63, 3.8) is 0 Å². The first-order valence-corrected chi connectivity index (χ1v) is 8.76. The number of benzene rings is 2. The van der Waals surface area contributed by atoms with Gasteiger partial charge in [-0.25, -0.2) is 4.39 Å². The summed E-state index contributed by atoms with van der Waals surface area (Å²) in [7, 11) is 0. The number of carbonyl (C=O) groups excluding carboxylic acids is 1. The number of hydrogen-bond acceptors (Lipinski definition) is 5. The zero-order valence-corrected chi connectivity index (χ0v) is 13.9. The Labute approximate surface area is 147 Å². The molecule has 2 aromatic carbocycles. The molecule has 8 heteroatoms. The maximum absolute atomic E-state index is 13.6. The number of para-hydroxylation sites is 1. The van der Waals surface area contributed by atoms with E-state index in [1.54, 1.807) is 36.0 Å². The molecule has 1 aliphatic heterocycles. The van der Waals surface area contributed by atoms with Crippen molar-refractivity contribution in [1.82, 2.24) is 25.5 Å². The number of amides is 1. The molecule has 1 unspecified atom stereocenters. The van der Waals surface area contributed by atoms with Gasteiger partial charge in [0.25, 0.3) is 5.91 Å². The first kappa shape index (κ1) is 15.8. The van der Waals surface area contributed by atoms with E-state index in [0.717, 1.165) is 22.6 Å². The summed E-state index contributed by atoms with van der Waals surface area (Å²) >= 11 is 1.68. The van der Waals surface area contributed by atoms with Gasteiger partial charge in [-0.3, -0.25) is 4.79 Å². The van der Waals surface area contributed by atoms with Crippen molar-refractivity contribution in [2.75, 3.05) is 5.75 Å². The van der Waals surface area contributed by atoms with E-state index in [9.17, 15) is 9.18 Å². The van der Waals surface area contributed by atoms with Crippen LogP contribution >= 0.6 is 11.8 Å². The molecule has 0 fully saturated rings. The molecule has 126 valence electrons. The highest BCUT2D eigenvalue weighted by molar-refractivity contribution is 7.99. The summed E-state index contributed by atoms with van der Waals surface area (Å²) in [6.07, 6.45) is 2.19. The van der Waals surface area contributed by atoms with Crippen LogP contribution in [0.15, 0.2) is 53.7 Å². The minimum Gasteiger partial charge on any atom is -0.345 e. The average molecular weight is 355 g/mol. The molecule has 3 aromatic rings. The Morgan fingerprint density at radius 2 is 2.16 bits per heavy atom. The average Bonchev–Trinajstić information content (AvgIpc) is 3.17. The first-order valence-electron chi connectivity index (χ1n) is 7.78. The van der Waals surface area contributed by atoms with Gasteiger partial charge in [0.2, 0.25) is 0 Å². The van der Waals surface area contributed by atoms with Crippen molar-refractivity contribution in [3.05, 3.63) is 65.7 Å². The molecule has 4 rings (SSSR count). The lowest BCUT2D eigenvalue weighted by molar-refractivity contribution is 0.0934. The van der Waals surface area contributed by atoms with Gasteiger partial charge in [0.15, 0.2) is 0 Å². The minimum absolute atomic E-state index is 0.221. The van der Waals surface area contributed by atoms with Crippen molar-refractivity contribution >= 4 is 17.7 Å². The second kappa shape index (κ2) is 6.64. The van der Waals surface area contributed by atoms with E-state index in [1.165, 1.54) is 23.1 Å². The lowest BCUT2D eigenvalue weighted by atomic mass is 10.0. The number of halogens is 1. The number of tetrazole rings is 1. The molecule has 6 nitrogen and oxygen atoms in total. The summed E-state index contributed by atoms with van der Waals surface area (Å²) in [6.45, 7) is 0. The third-order valence-corrected chi connectivity index (χ3v) is 5.18. The third kappa shape index (κ3) is 3.12. The van der Waals surface area contributed by atoms with Crippen LogP contribution in [0, 0.1) is 5.82 Å². The Morgan fingerprint density at radius 3 is 3.00 bits per heavy atom. The number of nitrogens with one attached hydrogen (secondary N) is 1. The van der Waals surface area contributed by atoms with E-state index in [1.807, 2.05) is 6.07 Å². The van der Waals surface area contributed by atoms with Gasteiger partial charge in [-0.1, -0.05) is 12.1 Å². The van der Waals surface area contributed by atoms with Gasteiger partial charge < -0.3 is 5.32 Å². The summed E-state index contributed by atoms with van der Waals surface area (Å²) in [5.41, 5.74) is 1.88. The maximum Gasteiger partial charge on any atom is 0.253 e. The molecule has 0 aliphatic carbocycles. The molecule has 0 saturated heterocycles. The smallest absolute Gasteiger partial charge is 0.253 e. The van der Waals surface area contributed by atoms with Gasteiger partial charge in [-0.2, -0.15) is 4.68 Å². The quantitative estimate of drug-likeness (QED) is 0.782. The highest BCUT2D eigenvalue weighted by Crippen LogP contribution is 2.36. The number of carbonyl (C=O) groups is 1. The van der Waals surface area contributed by atoms with E-state index >= 15 is 0 Å². The fraction of sp³-hybridized carbons (Fsp3) is 0.176. The van der Waals surface area contributed by atoms with Crippen molar-refractivity contribution < 1.29 is 9.18 Å². The molecular weight excluding hydrogens is 341 g/mol. The van der Waals surface area contributed by atoms with Crippen LogP contribution in [0.25, 0.3) is 5.69 Å². The number of rotatable bonds is 3. The lowest BCUT2D eigenvalue weighted by Gasteiger charge is -2.26. The van der Waals surface area contributed by atoms with Crippen LogP contribution in [0.4, 0.5) is 4.39 Å². The Bertz CT molecular complexity index is 915. The highest BCUT2D eigenvalue weighted by atomic mass is 32.2. The molecule has 1 aliphatic rings. The molecule has 1 N–H and O–H groups in total. The molecule has 1 aromatic heterocycles. The van der Waals surface area contributed by atoms with E-state index in [0.29, 0.717) is 11.3 Å². The normalized spacial score (nSPS) is 16.3. The van der Waals surface area contributed by atoms with E-state index < -0.39 is 0 Å². The molecule has 2 heterocycles. The monoisotopic (exact) mass is 355 g/mol.